The van der Waals surface area contributed by atoms with Gasteiger partial charge in [0.25, 0.3) is 0 Å². The molecule has 0 radical (unpaired) electrons. The predicted molar refractivity (Wildman–Crippen MR) is 93.9 cm³/mol. The Kier molecular flexibility index (Phi) is 6.02. The van der Waals surface area contributed by atoms with E-state index < -0.39 is 5.97 Å². The number of fused-ring (bicyclic) bond motifs is 1. The van der Waals surface area contributed by atoms with Crippen LogP contribution in [0.3, 0.4) is 0 Å². The van der Waals surface area contributed by atoms with Crippen molar-refractivity contribution in [3.63, 3.8) is 0 Å². The number of nitrogens with one attached hydrogen (secondary N) is 1. The number of hydrogen-bond donors (Lipinski definition) is 2. The second kappa shape index (κ2) is 7.99. The Balaban J connectivity index is 2.17. The molecule has 0 aliphatic rings. The molecule has 0 bridgehead atoms. The molecular formula is C18H27N3O2. The lowest BCUT2D eigenvalue weighted by Crippen LogP contribution is -2.12. The Morgan fingerprint density at radius 3 is 2.83 bits per heavy atom. The van der Waals surface area contributed by atoms with Crippen molar-refractivity contribution in [2.24, 2.45) is 5.92 Å². The molecule has 2 N–H and O–H groups in total. The van der Waals surface area contributed by atoms with Gasteiger partial charge in [-0.1, -0.05) is 38.8 Å². The van der Waals surface area contributed by atoms with Crippen molar-refractivity contribution in [3.05, 3.63) is 23.8 Å². The maximum absolute atomic E-state index is 10.7. The molecule has 0 unspecified atom stereocenters. The molecule has 1 aromatic carbocycles. The van der Waals surface area contributed by atoms with Crippen molar-refractivity contribution >= 4 is 23.0 Å². The molecule has 23 heavy (non-hydrogen) atoms. The fourth-order valence-corrected chi connectivity index (χ4v) is 2.82. The number of imidazole rings is 1. The Labute approximate surface area is 137 Å². The first kappa shape index (κ1) is 17.3. The summed E-state index contributed by atoms with van der Waals surface area (Å²) in [7, 11) is 0. The molecule has 0 aliphatic carbocycles. The first-order valence-electron chi connectivity index (χ1n) is 8.40. The van der Waals surface area contributed by atoms with Crippen LogP contribution in [0.15, 0.2) is 18.2 Å². The first-order valence-corrected chi connectivity index (χ1v) is 8.40. The predicted octanol–water partition coefficient (Wildman–Crippen LogP) is 4.06. The standard InChI is InChI=1S/C18H27N3O2/c1-13(2)7-4-5-12-21-17-14(3)8-6-9-15(17)20-18(21)19-11-10-16(22)23/h6,8-9,13H,4-5,7,10-12H2,1-3H3,(H,19,20)(H,22,23). The van der Waals surface area contributed by atoms with Gasteiger partial charge in [-0.05, 0) is 30.9 Å². The van der Waals surface area contributed by atoms with Gasteiger partial charge in [0.15, 0.2) is 0 Å². The van der Waals surface area contributed by atoms with Gasteiger partial charge >= 0.3 is 5.97 Å². The van der Waals surface area contributed by atoms with E-state index in [1.165, 1.54) is 18.4 Å². The van der Waals surface area contributed by atoms with E-state index in [0.29, 0.717) is 6.54 Å². The molecule has 2 aromatic rings. The molecule has 2 rings (SSSR count). The van der Waals surface area contributed by atoms with E-state index in [2.05, 4.69) is 41.7 Å². The fourth-order valence-electron chi connectivity index (χ4n) is 2.82. The summed E-state index contributed by atoms with van der Waals surface area (Å²) < 4.78 is 2.20. The van der Waals surface area contributed by atoms with Crippen molar-refractivity contribution in [3.8, 4) is 0 Å². The first-order chi connectivity index (χ1) is 11.0. The normalized spacial score (nSPS) is 11.3. The van der Waals surface area contributed by atoms with Crippen LogP contribution < -0.4 is 5.32 Å². The molecule has 0 spiro atoms. The Morgan fingerprint density at radius 1 is 1.35 bits per heavy atom. The highest BCUT2D eigenvalue weighted by molar-refractivity contribution is 5.82. The number of aliphatic carboxylic acids is 1. The molecule has 5 heteroatoms. The zero-order chi connectivity index (χ0) is 16.8. The number of anilines is 1. The molecule has 0 saturated heterocycles. The van der Waals surface area contributed by atoms with Gasteiger partial charge in [0, 0.05) is 13.1 Å². The third-order valence-corrected chi connectivity index (χ3v) is 4.00. The summed E-state index contributed by atoms with van der Waals surface area (Å²) in [6, 6.07) is 6.11. The lowest BCUT2D eigenvalue weighted by Gasteiger charge is -2.12. The van der Waals surface area contributed by atoms with Crippen molar-refractivity contribution in [1.29, 1.82) is 0 Å². The second-order valence-corrected chi connectivity index (χ2v) is 6.49. The molecular weight excluding hydrogens is 290 g/mol. The lowest BCUT2D eigenvalue weighted by molar-refractivity contribution is -0.136. The quantitative estimate of drug-likeness (QED) is 0.684. The van der Waals surface area contributed by atoms with Gasteiger partial charge < -0.3 is 15.0 Å². The molecule has 0 amide bonds. The second-order valence-electron chi connectivity index (χ2n) is 6.49. The minimum Gasteiger partial charge on any atom is -0.481 e. The summed E-state index contributed by atoms with van der Waals surface area (Å²) in [5, 5.41) is 12.0. The SMILES string of the molecule is Cc1cccc2nc(NCCC(=O)O)n(CCCCC(C)C)c12. The average molecular weight is 317 g/mol. The van der Waals surface area contributed by atoms with Crippen LogP contribution in [0.1, 0.15) is 45.1 Å². The number of rotatable bonds is 9. The summed E-state index contributed by atoms with van der Waals surface area (Å²) in [6.45, 7) is 7.88. The zero-order valence-corrected chi connectivity index (χ0v) is 14.3. The van der Waals surface area contributed by atoms with Crippen molar-refractivity contribution in [1.82, 2.24) is 9.55 Å². The summed E-state index contributed by atoms with van der Waals surface area (Å²) >= 11 is 0. The van der Waals surface area contributed by atoms with Crippen molar-refractivity contribution in [2.45, 2.75) is 53.0 Å². The summed E-state index contributed by atoms with van der Waals surface area (Å²) in [5.41, 5.74) is 3.31. The monoisotopic (exact) mass is 317 g/mol. The van der Waals surface area contributed by atoms with E-state index in [0.717, 1.165) is 35.9 Å². The van der Waals surface area contributed by atoms with Crippen LogP contribution in [0, 0.1) is 12.8 Å². The van der Waals surface area contributed by atoms with Gasteiger partial charge in [-0.25, -0.2) is 4.98 Å². The fraction of sp³-hybridized carbons (Fsp3) is 0.556. The smallest absolute Gasteiger partial charge is 0.305 e. The van der Waals surface area contributed by atoms with Gasteiger partial charge in [-0.3, -0.25) is 4.79 Å². The number of aromatic nitrogens is 2. The minimum atomic E-state index is -0.798. The molecule has 126 valence electrons. The minimum absolute atomic E-state index is 0.0928. The van der Waals surface area contributed by atoms with Gasteiger partial charge in [-0.15, -0.1) is 0 Å². The van der Waals surface area contributed by atoms with Crippen LogP contribution in [0.5, 0.6) is 0 Å². The van der Waals surface area contributed by atoms with E-state index in [9.17, 15) is 4.79 Å². The molecule has 1 heterocycles. The number of nitrogens with zero attached hydrogens (tertiary/aromatic N) is 2. The van der Waals surface area contributed by atoms with E-state index in [1.54, 1.807) is 0 Å². The van der Waals surface area contributed by atoms with Crippen LogP contribution in [-0.2, 0) is 11.3 Å². The van der Waals surface area contributed by atoms with Gasteiger partial charge in [0.2, 0.25) is 5.95 Å². The van der Waals surface area contributed by atoms with E-state index in [-0.39, 0.29) is 6.42 Å². The van der Waals surface area contributed by atoms with E-state index in [1.807, 2.05) is 12.1 Å². The molecule has 0 atom stereocenters. The maximum Gasteiger partial charge on any atom is 0.305 e. The van der Waals surface area contributed by atoms with Gasteiger partial charge in [0.1, 0.15) is 0 Å². The highest BCUT2D eigenvalue weighted by Gasteiger charge is 2.12. The average Bonchev–Trinajstić information content (AvgIpc) is 2.82. The van der Waals surface area contributed by atoms with Crippen LogP contribution in [0.25, 0.3) is 11.0 Å². The van der Waals surface area contributed by atoms with Crippen LogP contribution in [-0.4, -0.2) is 27.2 Å². The number of carboxylic acids is 1. The zero-order valence-electron chi connectivity index (χ0n) is 14.3. The maximum atomic E-state index is 10.7. The number of para-hydroxylation sites is 1. The number of benzene rings is 1. The number of unbranched alkanes of at least 4 members (excludes halogenated alkanes) is 1. The van der Waals surface area contributed by atoms with E-state index >= 15 is 0 Å². The molecule has 0 saturated carbocycles. The topological polar surface area (TPSA) is 67.2 Å². The Bertz CT molecular complexity index is 662. The van der Waals surface area contributed by atoms with Crippen LogP contribution >= 0.6 is 0 Å². The third-order valence-electron chi connectivity index (χ3n) is 4.00. The summed E-state index contributed by atoms with van der Waals surface area (Å²) in [5.74, 6) is 0.706. The largest absolute Gasteiger partial charge is 0.481 e. The molecule has 5 nitrogen and oxygen atoms in total. The molecule has 0 aliphatic heterocycles. The van der Waals surface area contributed by atoms with Gasteiger partial charge in [-0.2, -0.15) is 0 Å². The molecule has 0 fully saturated rings. The molecule has 1 aromatic heterocycles. The van der Waals surface area contributed by atoms with Crippen molar-refractivity contribution < 1.29 is 9.90 Å². The van der Waals surface area contributed by atoms with Gasteiger partial charge in [0.05, 0.1) is 17.5 Å². The number of carbonyl (C=O) groups is 1. The third kappa shape index (κ3) is 4.71. The summed E-state index contributed by atoms with van der Waals surface area (Å²) in [6.07, 6.45) is 3.62. The number of carboxylic acid groups (broad SMARTS) is 1. The van der Waals surface area contributed by atoms with Crippen LogP contribution in [0.4, 0.5) is 5.95 Å². The Hall–Kier alpha value is -2.04. The lowest BCUT2D eigenvalue weighted by atomic mass is 10.1. The summed E-state index contributed by atoms with van der Waals surface area (Å²) in [4.78, 5) is 15.4. The van der Waals surface area contributed by atoms with Crippen LogP contribution in [0.2, 0.25) is 0 Å². The highest BCUT2D eigenvalue weighted by Crippen LogP contribution is 2.24. The highest BCUT2D eigenvalue weighted by atomic mass is 16.4. The van der Waals surface area contributed by atoms with E-state index in [4.69, 9.17) is 5.11 Å². The Morgan fingerprint density at radius 2 is 2.13 bits per heavy atom. The number of aryl methyl sites for hydroxylation is 2. The van der Waals surface area contributed by atoms with Crippen molar-refractivity contribution in [2.75, 3.05) is 11.9 Å². The number of hydrogen-bond acceptors (Lipinski definition) is 3.